The molecule has 1 aromatic rings. The smallest absolute Gasteiger partial charge is 0.150 e. The van der Waals surface area contributed by atoms with Crippen LogP contribution < -0.4 is 4.74 Å². The fraction of sp³-hybridized carbons (Fsp3) is 0.438. The second-order valence-corrected chi connectivity index (χ2v) is 4.39. The Morgan fingerprint density at radius 2 is 2.11 bits per heavy atom. The lowest BCUT2D eigenvalue weighted by atomic mass is 10.1. The van der Waals surface area contributed by atoms with Crippen LogP contribution in [0.4, 0.5) is 0 Å². The number of benzene rings is 1. The summed E-state index contributed by atoms with van der Waals surface area (Å²) in [6.45, 7) is 6.67. The van der Waals surface area contributed by atoms with Crippen LogP contribution in [0, 0.1) is 0 Å². The molecular weight excluding hydrogens is 224 g/mol. The van der Waals surface area contributed by atoms with Crippen LogP contribution in [0.25, 0.3) is 0 Å². The van der Waals surface area contributed by atoms with Gasteiger partial charge in [-0.25, -0.2) is 0 Å². The van der Waals surface area contributed by atoms with Gasteiger partial charge in [-0.05, 0) is 36.6 Å². The van der Waals surface area contributed by atoms with Crippen molar-refractivity contribution in [3.63, 3.8) is 0 Å². The first-order valence-corrected chi connectivity index (χ1v) is 6.63. The Kier molecular flexibility index (Phi) is 6.85. The van der Waals surface area contributed by atoms with E-state index in [0.717, 1.165) is 37.0 Å². The summed E-state index contributed by atoms with van der Waals surface area (Å²) in [7, 11) is 0. The summed E-state index contributed by atoms with van der Waals surface area (Å²) in [5.74, 6) is 0.872. The van der Waals surface area contributed by atoms with Gasteiger partial charge in [0.1, 0.15) is 12.0 Å². The van der Waals surface area contributed by atoms with Gasteiger partial charge >= 0.3 is 0 Å². The molecule has 0 saturated heterocycles. The van der Waals surface area contributed by atoms with Crippen molar-refractivity contribution in [3.05, 3.63) is 42.0 Å². The minimum absolute atomic E-state index is 0.685. The minimum Gasteiger partial charge on any atom is -0.493 e. The largest absolute Gasteiger partial charge is 0.493 e. The van der Waals surface area contributed by atoms with Gasteiger partial charge in [-0.2, -0.15) is 0 Å². The van der Waals surface area contributed by atoms with Crippen LogP contribution in [0.1, 0.15) is 48.5 Å². The zero-order chi connectivity index (χ0) is 13.2. The van der Waals surface area contributed by atoms with Crippen molar-refractivity contribution in [2.24, 2.45) is 0 Å². The number of rotatable bonds is 9. The summed E-state index contributed by atoms with van der Waals surface area (Å²) >= 11 is 0. The van der Waals surface area contributed by atoms with Crippen LogP contribution >= 0.6 is 0 Å². The van der Waals surface area contributed by atoms with E-state index in [-0.39, 0.29) is 0 Å². The number of hydrogen-bond acceptors (Lipinski definition) is 2. The summed E-state index contributed by atoms with van der Waals surface area (Å²) in [5.41, 5.74) is 1.72. The molecule has 0 aliphatic rings. The molecule has 2 nitrogen and oxygen atoms in total. The molecule has 2 heteroatoms. The molecule has 0 aromatic heterocycles. The molecule has 0 radical (unpaired) electrons. The molecule has 0 spiro atoms. The molecule has 0 aliphatic heterocycles. The maximum atomic E-state index is 10.7. The number of hydrogen-bond donors (Lipinski definition) is 0. The average Bonchev–Trinajstić information content (AvgIpc) is 2.40. The van der Waals surface area contributed by atoms with Gasteiger partial charge in [0.15, 0.2) is 0 Å². The molecular formula is C16H22O2. The molecule has 98 valence electrons. The Morgan fingerprint density at radius 3 is 2.78 bits per heavy atom. The SMILES string of the molecule is C=CCc1cc(C=O)ccc1OCCCCCC. The monoisotopic (exact) mass is 246 g/mol. The summed E-state index contributed by atoms with van der Waals surface area (Å²) in [5, 5.41) is 0. The van der Waals surface area contributed by atoms with Gasteiger partial charge in [0.05, 0.1) is 6.61 Å². The van der Waals surface area contributed by atoms with Crippen molar-refractivity contribution >= 4 is 6.29 Å². The maximum Gasteiger partial charge on any atom is 0.150 e. The lowest BCUT2D eigenvalue weighted by molar-refractivity contribution is 0.112. The molecule has 0 atom stereocenters. The average molecular weight is 246 g/mol. The summed E-state index contributed by atoms with van der Waals surface area (Å²) < 4.78 is 5.77. The predicted molar refractivity (Wildman–Crippen MR) is 75.4 cm³/mol. The highest BCUT2D eigenvalue weighted by Gasteiger charge is 2.03. The molecule has 0 saturated carbocycles. The molecule has 0 bridgehead atoms. The Bertz CT molecular complexity index is 383. The van der Waals surface area contributed by atoms with E-state index in [1.165, 1.54) is 19.3 Å². The maximum absolute atomic E-state index is 10.7. The number of aldehydes is 1. The fourth-order valence-corrected chi connectivity index (χ4v) is 1.84. The van der Waals surface area contributed by atoms with Crippen molar-refractivity contribution < 1.29 is 9.53 Å². The molecule has 0 heterocycles. The first-order valence-electron chi connectivity index (χ1n) is 6.63. The third-order valence-corrected chi connectivity index (χ3v) is 2.84. The second kappa shape index (κ2) is 8.51. The van der Waals surface area contributed by atoms with Crippen molar-refractivity contribution in [2.45, 2.75) is 39.0 Å². The second-order valence-electron chi connectivity index (χ2n) is 4.39. The van der Waals surface area contributed by atoms with Crippen LogP contribution in [-0.4, -0.2) is 12.9 Å². The Labute approximate surface area is 110 Å². The van der Waals surface area contributed by atoms with Gasteiger partial charge in [0, 0.05) is 5.56 Å². The van der Waals surface area contributed by atoms with Gasteiger partial charge in [-0.1, -0.05) is 32.3 Å². The number of allylic oxidation sites excluding steroid dienone is 1. The zero-order valence-electron chi connectivity index (χ0n) is 11.2. The lowest BCUT2D eigenvalue weighted by Crippen LogP contribution is -2.00. The van der Waals surface area contributed by atoms with Crippen LogP contribution in [0.15, 0.2) is 30.9 Å². The summed E-state index contributed by atoms with van der Waals surface area (Å²) in [4.78, 5) is 10.7. The third-order valence-electron chi connectivity index (χ3n) is 2.84. The van der Waals surface area contributed by atoms with Crippen LogP contribution in [-0.2, 0) is 6.42 Å². The Morgan fingerprint density at radius 1 is 1.28 bits per heavy atom. The van der Waals surface area contributed by atoms with E-state index in [4.69, 9.17) is 4.74 Å². The number of ether oxygens (including phenoxy) is 1. The van der Waals surface area contributed by atoms with Crippen molar-refractivity contribution in [1.82, 2.24) is 0 Å². The van der Waals surface area contributed by atoms with E-state index in [1.807, 2.05) is 18.2 Å². The normalized spacial score (nSPS) is 10.1. The Hall–Kier alpha value is -1.57. The van der Waals surface area contributed by atoms with Gasteiger partial charge in [-0.3, -0.25) is 4.79 Å². The van der Waals surface area contributed by atoms with E-state index >= 15 is 0 Å². The highest BCUT2D eigenvalue weighted by atomic mass is 16.5. The quantitative estimate of drug-likeness (QED) is 0.371. The third kappa shape index (κ3) is 4.74. The molecule has 1 aromatic carbocycles. The molecule has 0 amide bonds. The van der Waals surface area contributed by atoms with E-state index in [0.29, 0.717) is 5.56 Å². The lowest BCUT2D eigenvalue weighted by Gasteiger charge is -2.11. The molecule has 0 aliphatic carbocycles. The molecule has 0 N–H and O–H groups in total. The van der Waals surface area contributed by atoms with Crippen LogP contribution in [0.5, 0.6) is 5.75 Å². The number of unbranched alkanes of at least 4 members (excludes halogenated alkanes) is 3. The highest BCUT2D eigenvalue weighted by Crippen LogP contribution is 2.21. The topological polar surface area (TPSA) is 26.3 Å². The minimum atomic E-state index is 0.685. The summed E-state index contributed by atoms with van der Waals surface area (Å²) in [6.07, 6.45) is 8.19. The highest BCUT2D eigenvalue weighted by molar-refractivity contribution is 5.75. The Balaban J connectivity index is 2.57. The van der Waals surface area contributed by atoms with Crippen molar-refractivity contribution in [3.8, 4) is 5.75 Å². The fourth-order valence-electron chi connectivity index (χ4n) is 1.84. The molecule has 0 fully saturated rings. The van der Waals surface area contributed by atoms with Gasteiger partial charge < -0.3 is 4.74 Å². The van der Waals surface area contributed by atoms with Crippen molar-refractivity contribution in [2.75, 3.05) is 6.61 Å². The predicted octanol–water partition coefficient (Wildman–Crippen LogP) is 4.19. The van der Waals surface area contributed by atoms with Gasteiger partial charge in [0.2, 0.25) is 0 Å². The number of carbonyl (C=O) groups excluding carboxylic acids is 1. The van der Waals surface area contributed by atoms with Gasteiger partial charge in [0.25, 0.3) is 0 Å². The molecule has 1 rings (SSSR count). The van der Waals surface area contributed by atoms with E-state index in [2.05, 4.69) is 13.5 Å². The van der Waals surface area contributed by atoms with Crippen LogP contribution in [0.3, 0.4) is 0 Å². The van der Waals surface area contributed by atoms with E-state index < -0.39 is 0 Å². The van der Waals surface area contributed by atoms with Crippen molar-refractivity contribution in [1.29, 1.82) is 0 Å². The van der Waals surface area contributed by atoms with E-state index in [1.54, 1.807) is 6.07 Å². The van der Waals surface area contributed by atoms with E-state index in [9.17, 15) is 4.79 Å². The zero-order valence-corrected chi connectivity index (χ0v) is 11.2. The van der Waals surface area contributed by atoms with Gasteiger partial charge in [-0.15, -0.1) is 6.58 Å². The standard InChI is InChI=1S/C16H22O2/c1-3-5-6-7-11-18-16-10-9-14(13-17)12-15(16)8-4-2/h4,9-10,12-13H,2-3,5-8,11H2,1H3. The molecule has 0 unspecified atom stereocenters. The first-order chi connectivity index (χ1) is 8.81. The molecule has 18 heavy (non-hydrogen) atoms. The number of carbonyl (C=O) groups is 1. The van der Waals surface area contributed by atoms with Crippen LogP contribution in [0.2, 0.25) is 0 Å². The summed E-state index contributed by atoms with van der Waals surface area (Å²) in [6, 6.07) is 5.54. The first kappa shape index (κ1) is 14.5.